The summed E-state index contributed by atoms with van der Waals surface area (Å²) >= 11 is 0. The van der Waals surface area contributed by atoms with E-state index in [1.54, 1.807) is 12.4 Å². The highest BCUT2D eigenvalue weighted by Gasteiger charge is 2.26. The summed E-state index contributed by atoms with van der Waals surface area (Å²) in [5.74, 6) is 1.94. The van der Waals surface area contributed by atoms with Gasteiger partial charge in [0.1, 0.15) is 0 Å². The molecule has 0 bridgehead atoms. The third-order valence-corrected chi connectivity index (χ3v) is 5.83. The SMILES string of the molecule is Cc1c(CN2CCN(c3nccnc3N3CCC(O)CC3)CC2)cnn1C.Cl. The Morgan fingerprint density at radius 3 is 2.07 bits per heavy atom. The first-order valence-electron chi connectivity index (χ1n) is 9.80. The van der Waals surface area contributed by atoms with E-state index >= 15 is 0 Å². The number of aliphatic hydroxyl groups is 1. The van der Waals surface area contributed by atoms with Crippen LogP contribution in [0.2, 0.25) is 0 Å². The van der Waals surface area contributed by atoms with Gasteiger partial charge in [0.05, 0.1) is 12.3 Å². The molecule has 2 aromatic rings. The fourth-order valence-corrected chi connectivity index (χ4v) is 3.91. The van der Waals surface area contributed by atoms with E-state index < -0.39 is 0 Å². The van der Waals surface area contributed by atoms with Gasteiger partial charge in [-0.2, -0.15) is 5.10 Å². The minimum absolute atomic E-state index is 0. The number of aliphatic hydroxyl groups excluding tert-OH is 1. The van der Waals surface area contributed by atoms with Gasteiger partial charge >= 0.3 is 0 Å². The van der Waals surface area contributed by atoms with Gasteiger partial charge in [0.15, 0.2) is 11.6 Å². The molecule has 28 heavy (non-hydrogen) atoms. The van der Waals surface area contributed by atoms with E-state index in [9.17, 15) is 5.11 Å². The van der Waals surface area contributed by atoms with Gasteiger partial charge in [0, 0.05) is 76.5 Å². The highest BCUT2D eigenvalue weighted by molar-refractivity contribution is 5.85. The van der Waals surface area contributed by atoms with Crippen molar-refractivity contribution >= 4 is 24.0 Å². The molecular formula is C19H30ClN7O. The molecule has 4 heterocycles. The molecule has 0 aromatic carbocycles. The Labute approximate surface area is 172 Å². The fraction of sp³-hybridized carbons (Fsp3) is 0.632. The summed E-state index contributed by atoms with van der Waals surface area (Å²) in [5, 5.41) is 14.1. The number of rotatable bonds is 4. The largest absolute Gasteiger partial charge is 0.393 e. The van der Waals surface area contributed by atoms with E-state index in [4.69, 9.17) is 0 Å². The summed E-state index contributed by atoms with van der Waals surface area (Å²) in [4.78, 5) is 16.4. The van der Waals surface area contributed by atoms with Crippen molar-refractivity contribution in [1.29, 1.82) is 0 Å². The number of aryl methyl sites for hydroxylation is 1. The topological polar surface area (TPSA) is 73.6 Å². The van der Waals surface area contributed by atoms with Crippen molar-refractivity contribution < 1.29 is 5.11 Å². The predicted octanol–water partition coefficient (Wildman–Crippen LogP) is 1.22. The average Bonchev–Trinajstić information content (AvgIpc) is 3.01. The lowest BCUT2D eigenvalue weighted by atomic mass is 10.1. The van der Waals surface area contributed by atoms with Crippen molar-refractivity contribution in [3.8, 4) is 0 Å². The third kappa shape index (κ3) is 4.39. The molecule has 154 valence electrons. The van der Waals surface area contributed by atoms with Gasteiger partial charge in [0.2, 0.25) is 0 Å². The van der Waals surface area contributed by atoms with E-state index in [1.165, 1.54) is 11.3 Å². The summed E-state index contributed by atoms with van der Waals surface area (Å²) in [6, 6.07) is 0. The van der Waals surface area contributed by atoms with Crippen LogP contribution in [-0.4, -0.2) is 75.1 Å². The molecule has 0 radical (unpaired) electrons. The van der Waals surface area contributed by atoms with Crippen molar-refractivity contribution in [3.63, 3.8) is 0 Å². The maximum Gasteiger partial charge on any atom is 0.172 e. The molecule has 2 aromatic heterocycles. The first-order chi connectivity index (χ1) is 13.1. The molecule has 2 fully saturated rings. The van der Waals surface area contributed by atoms with E-state index in [0.29, 0.717) is 0 Å². The second-order valence-electron chi connectivity index (χ2n) is 7.56. The minimum Gasteiger partial charge on any atom is -0.393 e. The second kappa shape index (κ2) is 9.07. The van der Waals surface area contributed by atoms with Gasteiger partial charge in [-0.3, -0.25) is 9.58 Å². The number of hydrogen-bond acceptors (Lipinski definition) is 7. The number of halogens is 1. The molecular weight excluding hydrogens is 378 g/mol. The van der Waals surface area contributed by atoms with E-state index in [2.05, 4.69) is 36.7 Å². The lowest BCUT2D eigenvalue weighted by Crippen LogP contribution is -2.47. The summed E-state index contributed by atoms with van der Waals surface area (Å²) in [6.07, 6.45) is 6.95. The molecule has 0 amide bonds. The van der Waals surface area contributed by atoms with Crippen molar-refractivity contribution in [2.45, 2.75) is 32.4 Å². The van der Waals surface area contributed by atoms with Crippen LogP contribution in [0.3, 0.4) is 0 Å². The number of nitrogens with zero attached hydrogens (tertiary/aromatic N) is 7. The van der Waals surface area contributed by atoms with Gasteiger partial charge in [-0.1, -0.05) is 0 Å². The first-order valence-corrected chi connectivity index (χ1v) is 9.80. The highest BCUT2D eigenvalue weighted by Crippen LogP contribution is 2.28. The van der Waals surface area contributed by atoms with Crippen molar-refractivity contribution in [1.82, 2.24) is 24.6 Å². The van der Waals surface area contributed by atoms with Crippen LogP contribution in [0.25, 0.3) is 0 Å². The highest BCUT2D eigenvalue weighted by atomic mass is 35.5. The zero-order valence-electron chi connectivity index (χ0n) is 16.7. The molecule has 2 saturated heterocycles. The Hall–Kier alpha value is -1.90. The smallest absolute Gasteiger partial charge is 0.172 e. The molecule has 4 rings (SSSR count). The van der Waals surface area contributed by atoms with Crippen LogP contribution in [0.4, 0.5) is 11.6 Å². The Balaban J connectivity index is 0.00000225. The Kier molecular flexibility index (Phi) is 6.74. The normalized spacial score (nSPS) is 19.0. The lowest BCUT2D eigenvalue weighted by Gasteiger charge is -2.38. The van der Waals surface area contributed by atoms with Crippen molar-refractivity contribution in [2.75, 3.05) is 49.1 Å². The lowest BCUT2D eigenvalue weighted by molar-refractivity contribution is 0.145. The maximum absolute atomic E-state index is 9.78. The van der Waals surface area contributed by atoms with Gasteiger partial charge in [0.25, 0.3) is 0 Å². The average molecular weight is 408 g/mol. The van der Waals surface area contributed by atoms with E-state index in [-0.39, 0.29) is 18.5 Å². The summed E-state index contributed by atoms with van der Waals surface area (Å²) in [6.45, 7) is 8.65. The Bertz CT molecular complexity index is 767. The van der Waals surface area contributed by atoms with Crippen LogP contribution in [-0.2, 0) is 13.6 Å². The molecule has 0 aliphatic carbocycles. The third-order valence-electron chi connectivity index (χ3n) is 5.83. The van der Waals surface area contributed by atoms with Crippen LogP contribution in [0, 0.1) is 6.92 Å². The quantitative estimate of drug-likeness (QED) is 0.816. The van der Waals surface area contributed by atoms with Crippen molar-refractivity contribution in [3.05, 3.63) is 29.8 Å². The second-order valence-corrected chi connectivity index (χ2v) is 7.56. The molecule has 8 nitrogen and oxygen atoms in total. The predicted molar refractivity (Wildman–Crippen MR) is 112 cm³/mol. The van der Waals surface area contributed by atoms with Gasteiger partial charge in [-0.25, -0.2) is 9.97 Å². The zero-order valence-corrected chi connectivity index (χ0v) is 17.5. The van der Waals surface area contributed by atoms with Gasteiger partial charge in [-0.15, -0.1) is 12.4 Å². The van der Waals surface area contributed by atoms with Crippen LogP contribution in [0.1, 0.15) is 24.1 Å². The number of piperidine rings is 1. The molecule has 0 unspecified atom stereocenters. The van der Waals surface area contributed by atoms with Crippen LogP contribution >= 0.6 is 12.4 Å². The zero-order chi connectivity index (χ0) is 18.8. The van der Waals surface area contributed by atoms with Crippen LogP contribution in [0.15, 0.2) is 18.6 Å². The monoisotopic (exact) mass is 407 g/mol. The van der Waals surface area contributed by atoms with Crippen LogP contribution < -0.4 is 9.80 Å². The molecule has 0 spiro atoms. The Morgan fingerprint density at radius 2 is 1.54 bits per heavy atom. The fourth-order valence-electron chi connectivity index (χ4n) is 3.91. The van der Waals surface area contributed by atoms with Crippen LogP contribution in [0.5, 0.6) is 0 Å². The molecule has 1 N–H and O–H groups in total. The molecule has 2 aliphatic heterocycles. The van der Waals surface area contributed by atoms with Crippen molar-refractivity contribution in [2.24, 2.45) is 7.05 Å². The summed E-state index contributed by atoms with van der Waals surface area (Å²) in [5.41, 5.74) is 2.54. The molecule has 2 aliphatic rings. The van der Waals surface area contributed by atoms with Gasteiger partial charge < -0.3 is 14.9 Å². The van der Waals surface area contributed by atoms with E-state index in [0.717, 1.165) is 70.3 Å². The molecule has 9 heteroatoms. The molecule has 0 saturated carbocycles. The minimum atomic E-state index is -0.180. The number of piperazine rings is 1. The number of hydrogen-bond donors (Lipinski definition) is 1. The van der Waals surface area contributed by atoms with E-state index in [1.807, 2.05) is 17.9 Å². The summed E-state index contributed by atoms with van der Waals surface area (Å²) in [7, 11) is 1.99. The maximum atomic E-state index is 9.78. The standard InChI is InChI=1S/C19H29N7O.ClH/c1-15-16(13-22-23(15)2)14-24-9-11-26(12-10-24)19-18(20-5-6-21-19)25-7-3-17(27)4-8-25;/h5-6,13,17,27H,3-4,7-12,14H2,1-2H3;1H. The summed E-state index contributed by atoms with van der Waals surface area (Å²) < 4.78 is 1.94. The van der Waals surface area contributed by atoms with Gasteiger partial charge in [-0.05, 0) is 19.8 Å². The number of aromatic nitrogens is 4. The molecule has 0 atom stereocenters. The number of anilines is 2. The first kappa shape index (κ1) is 20.8. The Morgan fingerprint density at radius 1 is 0.964 bits per heavy atom.